The SMILES string of the molecule is CC(C)(C)c1cc([C@@H]2SCC(=O)N2CCCO)cc(C(C)(C)C)c1O. The maximum absolute atomic E-state index is 12.3. The minimum Gasteiger partial charge on any atom is -0.507 e. The van der Waals surface area contributed by atoms with Crippen LogP contribution in [-0.2, 0) is 15.6 Å². The van der Waals surface area contributed by atoms with E-state index in [1.807, 2.05) is 17.0 Å². The maximum Gasteiger partial charge on any atom is 0.233 e. The highest BCUT2D eigenvalue weighted by molar-refractivity contribution is 8.00. The Morgan fingerprint density at radius 2 is 1.64 bits per heavy atom. The third-order valence-corrected chi connectivity index (χ3v) is 5.81. The fraction of sp³-hybridized carbons (Fsp3) is 0.650. The molecule has 0 aliphatic carbocycles. The minimum absolute atomic E-state index is 0.0538. The van der Waals surface area contributed by atoms with E-state index in [1.165, 1.54) is 0 Å². The highest BCUT2D eigenvalue weighted by atomic mass is 32.2. The molecule has 2 N–H and O–H groups in total. The number of nitrogens with zero attached hydrogens (tertiary/aromatic N) is 1. The molecule has 0 unspecified atom stereocenters. The normalized spacial score (nSPS) is 18.9. The molecule has 0 saturated carbocycles. The molecule has 0 aromatic heterocycles. The van der Waals surface area contributed by atoms with Gasteiger partial charge in [0.2, 0.25) is 5.91 Å². The number of rotatable bonds is 4. The van der Waals surface area contributed by atoms with Crippen LogP contribution in [0, 0.1) is 0 Å². The predicted octanol–water partition coefficient (Wildman–Crippen LogP) is 3.94. The van der Waals surface area contributed by atoms with Gasteiger partial charge in [0.15, 0.2) is 0 Å². The van der Waals surface area contributed by atoms with Gasteiger partial charge in [-0.3, -0.25) is 4.79 Å². The molecule has 2 rings (SSSR count). The van der Waals surface area contributed by atoms with Crippen molar-refractivity contribution in [1.82, 2.24) is 4.90 Å². The monoisotopic (exact) mass is 365 g/mol. The van der Waals surface area contributed by atoms with Crippen molar-refractivity contribution in [2.24, 2.45) is 0 Å². The van der Waals surface area contributed by atoms with E-state index in [0.29, 0.717) is 24.5 Å². The molecule has 1 heterocycles. The molecule has 1 amide bonds. The van der Waals surface area contributed by atoms with Crippen molar-refractivity contribution in [2.45, 2.75) is 64.2 Å². The van der Waals surface area contributed by atoms with Crippen molar-refractivity contribution < 1.29 is 15.0 Å². The predicted molar refractivity (Wildman–Crippen MR) is 104 cm³/mol. The van der Waals surface area contributed by atoms with Crippen molar-refractivity contribution in [2.75, 3.05) is 18.9 Å². The van der Waals surface area contributed by atoms with Gasteiger partial charge >= 0.3 is 0 Å². The number of hydrogen-bond donors (Lipinski definition) is 2. The van der Waals surface area contributed by atoms with Crippen molar-refractivity contribution in [3.63, 3.8) is 0 Å². The Labute approximate surface area is 155 Å². The Hall–Kier alpha value is -1.20. The highest BCUT2D eigenvalue weighted by Crippen LogP contribution is 2.45. The van der Waals surface area contributed by atoms with Gasteiger partial charge in [-0.1, -0.05) is 41.5 Å². The van der Waals surface area contributed by atoms with Gasteiger partial charge in [-0.15, -0.1) is 11.8 Å². The van der Waals surface area contributed by atoms with Crippen molar-refractivity contribution >= 4 is 17.7 Å². The average Bonchev–Trinajstić information content (AvgIpc) is 2.84. The fourth-order valence-corrected chi connectivity index (χ4v) is 4.35. The second kappa shape index (κ2) is 7.20. The molecule has 5 heteroatoms. The van der Waals surface area contributed by atoms with Crippen LogP contribution < -0.4 is 0 Å². The molecule has 1 fully saturated rings. The summed E-state index contributed by atoms with van der Waals surface area (Å²) >= 11 is 1.62. The van der Waals surface area contributed by atoms with E-state index in [-0.39, 0.29) is 28.7 Å². The molecule has 1 aliphatic heterocycles. The Kier molecular flexibility index (Phi) is 5.79. The molecular weight excluding hydrogens is 334 g/mol. The van der Waals surface area contributed by atoms with Gasteiger partial charge in [-0.25, -0.2) is 0 Å². The molecule has 140 valence electrons. The first-order chi connectivity index (χ1) is 11.5. The third kappa shape index (κ3) is 4.32. The lowest BCUT2D eigenvalue weighted by molar-refractivity contribution is -0.128. The van der Waals surface area contributed by atoms with Crippen LogP contribution in [0.4, 0.5) is 0 Å². The Balaban J connectivity index is 2.55. The number of phenols is 1. The van der Waals surface area contributed by atoms with E-state index >= 15 is 0 Å². The summed E-state index contributed by atoms with van der Waals surface area (Å²) in [6.07, 6.45) is 0.582. The molecule has 1 atom stereocenters. The minimum atomic E-state index is -0.191. The molecule has 1 aliphatic rings. The zero-order valence-electron chi connectivity index (χ0n) is 16.2. The lowest BCUT2D eigenvalue weighted by Crippen LogP contribution is -2.30. The molecule has 0 spiro atoms. The topological polar surface area (TPSA) is 60.8 Å². The summed E-state index contributed by atoms with van der Waals surface area (Å²) in [5, 5.41) is 19.9. The van der Waals surface area contributed by atoms with Crippen LogP contribution in [0.15, 0.2) is 12.1 Å². The fourth-order valence-electron chi connectivity index (χ4n) is 3.16. The van der Waals surface area contributed by atoms with Crippen molar-refractivity contribution in [3.05, 3.63) is 28.8 Å². The zero-order chi connectivity index (χ0) is 19.0. The second-order valence-corrected chi connectivity index (χ2v) is 9.86. The van der Waals surface area contributed by atoms with Crippen LogP contribution in [0.2, 0.25) is 0 Å². The van der Waals surface area contributed by atoms with E-state index < -0.39 is 0 Å². The van der Waals surface area contributed by atoms with E-state index in [2.05, 4.69) is 41.5 Å². The number of hydrogen-bond acceptors (Lipinski definition) is 4. The number of carbonyl (C=O) groups excluding carboxylic acids is 1. The van der Waals surface area contributed by atoms with Crippen LogP contribution in [0.1, 0.15) is 70.0 Å². The standard InChI is InChI=1S/C20H31NO3S/c1-19(2,3)14-10-13(11-15(17(14)24)20(4,5)6)18-21(8-7-9-22)16(23)12-25-18/h10-11,18,22,24H,7-9,12H2,1-6H3/t18-/m0/s1. The van der Waals surface area contributed by atoms with Gasteiger partial charge < -0.3 is 15.1 Å². The summed E-state index contributed by atoms with van der Waals surface area (Å²) in [4.78, 5) is 14.1. The van der Waals surface area contributed by atoms with Gasteiger partial charge in [0.05, 0.1) is 5.75 Å². The summed E-state index contributed by atoms with van der Waals surface area (Å²) in [6.45, 7) is 13.2. The first kappa shape index (κ1) is 20.1. The summed E-state index contributed by atoms with van der Waals surface area (Å²) < 4.78 is 0. The average molecular weight is 366 g/mol. The molecule has 1 aromatic carbocycles. The summed E-state index contributed by atoms with van der Waals surface area (Å²) in [5.74, 6) is 0.943. The molecule has 1 saturated heterocycles. The number of thioether (sulfide) groups is 1. The summed E-state index contributed by atoms with van der Waals surface area (Å²) in [6, 6.07) is 4.10. The molecule has 25 heavy (non-hydrogen) atoms. The number of carbonyl (C=O) groups is 1. The maximum atomic E-state index is 12.3. The molecule has 0 bridgehead atoms. The number of phenolic OH excluding ortho intramolecular Hbond substituents is 1. The van der Waals surface area contributed by atoms with Gasteiger partial charge in [-0.2, -0.15) is 0 Å². The van der Waals surface area contributed by atoms with Crippen LogP contribution in [0.3, 0.4) is 0 Å². The Bertz CT molecular complexity index is 608. The van der Waals surface area contributed by atoms with Crippen LogP contribution in [-0.4, -0.2) is 39.9 Å². The van der Waals surface area contributed by atoms with Crippen molar-refractivity contribution in [3.8, 4) is 5.75 Å². The number of aliphatic hydroxyl groups excluding tert-OH is 1. The van der Waals surface area contributed by atoms with E-state index in [4.69, 9.17) is 5.11 Å². The first-order valence-corrected chi connectivity index (χ1v) is 9.91. The Morgan fingerprint density at radius 1 is 1.12 bits per heavy atom. The quantitative estimate of drug-likeness (QED) is 0.848. The number of aliphatic hydroxyl groups is 1. The number of benzene rings is 1. The van der Waals surface area contributed by atoms with Gasteiger partial charge in [0.25, 0.3) is 0 Å². The van der Waals surface area contributed by atoms with Crippen LogP contribution in [0.5, 0.6) is 5.75 Å². The lowest BCUT2D eigenvalue weighted by atomic mass is 9.78. The van der Waals surface area contributed by atoms with Gasteiger partial charge in [0.1, 0.15) is 11.1 Å². The van der Waals surface area contributed by atoms with Crippen LogP contribution in [0.25, 0.3) is 0 Å². The summed E-state index contributed by atoms with van der Waals surface area (Å²) in [5.41, 5.74) is 2.50. The summed E-state index contributed by atoms with van der Waals surface area (Å²) in [7, 11) is 0. The molecule has 0 radical (unpaired) electrons. The second-order valence-electron chi connectivity index (χ2n) is 8.79. The highest BCUT2D eigenvalue weighted by Gasteiger charge is 2.35. The number of amides is 1. The number of aromatic hydroxyl groups is 1. The first-order valence-electron chi connectivity index (χ1n) is 8.86. The van der Waals surface area contributed by atoms with Gasteiger partial charge in [0, 0.05) is 13.2 Å². The van der Waals surface area contributed by atoms with Crippen molar-refractivity contribution in [1.29, 1.82) is 0 Å². The third-order valence-electron chi connectivity index (χ3n) is 4.56. The molecule has 4 nitrogen and oxygen atoms in total. The van der Waals surface area contributed by atoms with Gasteiger partial charge in [-0.05, 0) is 46.1 Å². The van der Waals surface area contributed by atoms with E-state index in [1.54, 1.807) is 11.8 Å². The zero-order valence-corrected chi connectivity index (χ0v) is 17.0. The largest absolute Gasteiger partial charge is 0.507 e. The lowest BCUT2D eigenvalue weighted by Gasteiger charge is -2.31. The molecular formula is C20H31NO3S. The van der Waals surface area contributed by atoms with Crippen LogP contribution >= 0.6 is 11.8 Å². The molecule has 1 aromatic rings. The van der Waals surface area contributed by atoms with E-state index in [9.17, 15) is 9.90 Å². The van der Waals surface area contributed by atoms with E-state index in [0.717, 1.165) is 16.7 Å². The smallest absolute Gasteiger partial charge is 0.233 e. The Morgan fingerprint density at radius 3 is 2.08 bits per heavy atom.